The Kier molecular flexibility index (Phi) is 6.81. The largest absolute Gasteiger partial charge is 0.392 e. The summed E-state index contributed by atoms with van der Waals surface area (Å²) in [5, 5.41) is 9.32. The van der Waals surface area contributed by atoms with Gasteiger partial charge in [-0.1, -0.05) is 17.7 Å². The number of hydrogen-bond donors (Lipinski definition) is 1. The Morgan fingerprint density at radius 1 is 1.45 bits per heavy atom. The van der Waals surface area contributed by atoms with Gasteiger partial charge in [-0.3, -0.25) is 0 Å². The first-order chi connectivity index (χ1) is 9.34. The Morgan fingerprint density at radius 2 is 2.10 bits per heavy atom. The first-order valence-electron chi connectivity index (χ1n) is 6.20. The SMILES string of the molecule is CSCCC(C)N(C)S(=O)(=O)c1ccc(CO)c(Cl)c1. The van der Waals surface area contributed by atoms with Crippen LogP contribution >= 0.6 is 23.4 Å². The van der Waals surface area contributed by atoms with Crippen LogP contribution in [0.5, 0.6) is 0 Å². The lowest BCUT2D eigenvalue weighted by atomic mass is 10.2. The van der Waals surface area contributed by atoms with E-state index >= 15 is 0 Å². The molecule has 0 heterocycles. The number of sulfonamides is 1. The Bertz CT molecular complexity index is 549. The van der Waals surface area contributed by atoms with Gasteiger partial charge in [-0.05, 0) is 43.0 Å². The van der Waals surface area contributed by atoms with Gasteiger partial charge in [0.05, 0.1) is 11.5 Å². The van der Waals surface area contributed by atoms with E-state index in [1.165, 1.54) is 22.5 Å². The van der Waals surface area contributed by atoms with Crippen LogP contribution in [0.1, 0.15) is 18.9 Å². The van der Waals surface area contributed by atoms with Crippen molar-refractivity contribution in [2.24, 2.45) is 0 Å². The highest BCUT2D eigenvalue weighted by Gasteiger charge is 2.25. The van der Waals surface area contributed by atoms with E-state index < -0.39 is 10.0 Å². The van der Waals surface area contributed by atoms with Crippen LogP contribution in [0.25, 0.3) is 0 Å². The molecule has 1 atom stereocenters. The topological polar surface area (TPSA) is 57.6 Å². The van der Waals surface area contributed by atoms with Crippen LogP contribution in [0.3, 0.4) is 0 Å². The third kappa shape index (κ3) is 4.11. The lowest BCUT2D eigenvalue weighted by Gasteiger charge is -2.24. The number of nitrogens with zero attached hydrogens (tertiary/aromatic N) is 1. The summed E-state index contributed by atoms with van der Waals surface area (Å²) in [6, 6.07) is 4.32. The predicted octanol–water partition coefficient (Wildman–Crippen LogP) is 2.59. The van der Waals surface area contributed by atoms with Gasteiger partial charge in [0.2, 0.25) is 10.0 Å². The summed E-state index contributed by atoms with van der Waals surface area (Å²) in [6.45, 7) is 1.68. The second-order valence-corrected chi connectivity index (χ2v) is 7.95. The highest BCUT2D eigenvalue weighted by atomic mass is 35.5. The second-order valence-electron chi connectivity index (χ2n) is 4.56. The van der Waals surface area contributed by atoms with Gasteiger partial charge >= 0.3 is 0 Å². The van der Waals surface area contributed by atoms with Crippen molar-refractivity contribution in [1.82, 2.24) is 4.31 Å². The molecule has 0 aliphatic heterocycles. The van der Waals surface area contributed by atoms with Crippen molar-refractivity contribution < 1.29 is 13.5 Å². The second kappa shape index (κ2) is 7.66. The Morgan fingerprint density at radius 3 is 2.60 bits per heavy atom. The molecule has 1 aromatic rings. The first kappa shape index (κ1) is 17.8. The fourth-order valence-electron chi connectivity index (χ4n) is 1.69. The average molecular weight is 338 g/mol. The summed E-state index contributed by atoms with van der Waals surface area (Å²) in [4.78, 5) is 0.151. The summed E-state index contributed by atoms with van der Waals surface area (Å²) in [5.74, 6) is 0.908. The van der Waals surface area contributed by atoms with Gasteiger partial charge in [-0.2, -0.15) is 16.1 Å². The van der Waals surface area contributed by atoms with Crippen molar-refractivity contribution in [2.45, 2.75) is 30.9 Å². The van der Waals surface area contributed by atoms with Gasteiger partial charge in [0.15, 0.2) is 0 Å². The van der Waals surface area contributed by atoms with Crippen LogP contribution in [0.2, 0.25) is 5.02 Å². The first-order valence-corrected chi connectivity index (χ1v) is 9.42. The third-order valence-corrected chi connectivity index (χ3v) is 6.20. The molecule has 1 N–H and O–H groups in total. The van der Waals surface area contributed by atoms with Crippen molar-refractivity contribution in [1.29, 1.82) is 0 Å². The standard InChI is InChI=1S/C13H20ClNO3S2/c1-10(6-7-19-3)15(2)20(17,18)12-5-4-11(9-16)13(14)8-12/h4-5,8,10,16H,6-7,9H2,1-3H3. The maximum Gasteiger partial charge on any atom is 0.243 e. The van der Waals surface area contributed by atoms with Crippen molar-refractivity contribution >= 4 is 33.4 Å². The van der Waals surface area contributed by atoms with Crippen LogP contribution in [0.15, 0.2) is 23.1 Å². The Labute approximate surface area is 130 Å². The van der Waals surface area contributed by atoms with Gasteiger partial charge in [-0.25, -0.2) is 8.42 Å². The summed E-state index contributed by atoms with van der Waals surface area (Å²) in [6.07, 6.45) is 2.79. The van der Waals surface area contributed by atoms with Gasteiger partial charge in [0.1, 0.15) is 0 Å². The minimum absolute atomic E-state index is 0.0799. The fraction of sp³-hybridized carbons (Fsp3) is 0.538. The average Bonchev–Trinajstić information content (AvgIpc) is 2.43. The zero-order valence-electron chi connectivity index (χ0n) is 11.8. The van der Waals surface area contributed by atoms with Crippen LogP contribution in [-0.2, 0) is 16.6 Å². The molecular weight excluding hydrogens is 318 g/mol. The van der Waals surface area contributed by atoms with Crippen molar-refractivity contribution in [3.63, 3.8) is 0 Å². The van der Waals surface area contributed by atoms with Crippen molar-refractivity contribution in [2.75, 3.05) is 19.1 Å². The Hall–Kier alpha value is -0.270. The molecule has 0 fully saturated rings. The molecule has 0 bridgehead atoms. The molecule has 7 heteroatoms. The van der Waals surface area contributed by atoms with Crippen LogP contribution in [0.4, 0.5) is 0 Å². The van der Waals surface area contributed by atoms with E-state index in [9.17, 15) is 8.42 Å². The molecule has 0 spiro atoms. The molecule has 0 saturated heterocycles. The summed E-state index contributed by atoms with van der Waals surface area (Å²) < 4.78 is 26.3. The van der Waals surface area contributed by atoms with E-state index in [4.69, 9.17) is 16.7 Å². The number of aliphatic hydroxyl groups excluding tert-OH is 1. The normalized spacial score (nSPS) is 13.7. The van der Waals surface area contributed by atoms with Crippen LogP contribution in [0, 0.1) is 0 Å². The van der Waals surface area contributed by atoms with E-state index in [-0.39, 0.29) is 22.6 Å². The van der Waals surface area contributed by atoms with Crippen LogP contribution in [-0.4, -0.2) is 42.9 Å². The van der Waals surface area contributed by atoms with Crippen LogP contribution < -0.4 is 0 Å². The van der Waals surface area contributed by atoms with Crippen molar-refractivity contribution in [3.05, 3.63) is 28.8 Å². The Balaban J connectivity index is 3.01. The van der Waals surface area contributed by atoms with Crippen molar-refractivity contribution in [3.8, 4) is 0 Å². The number of rotatable bonds is 7. The zero-order valence-corrected chi connectivity index (χ0v) is 14.2. The molecule has 0 aromatic heterocycles. The lowest BCUT2D eigenvalue weighted by molar-refractivity contribution is 0.282. The molecule has 1 rings (SSSR count). The molecule has 0 saturated carbocycles. The zero-order chi connectivity index (χ0) is 15.3. The summed E-state index contributed by atoms with van der Waals surface area (Å²) >= 11 is 7.65. The van der Waals surface area contributed by atoms with E-state index in [1.54, 1.807) is 18.8 Å². The maximum absolute atomic E-state index is 12.5. The quantitative estimate of drug-likeness (QED) is 0.831. The molecule has 0 aliphatic carbocycles. The van der Waals surface area contributed by atoms with Gasteiger partial charge in [-0.15, -0.1) is 0 Å². The predicted molar refractivity (Wildman–Crippen MR) is 84.8 cm³/mol. The highest BCUT2D eigenvalue weighted by molar-refractivity contribution is 7.98. The molecule has 4 nitrogen and oxygen atoms in total. The number of benzene rings is 1. The fourth-order valence-corrected chi connectivity index (χ4v) is 3.99. The smallest absolute Gasteiger partial charge is 0.243 e. The minimum Gasteiger partial charge on any atom is -0.392 e. The molecule has 0 radical (unpaired) electrons. The highest BCUT2D eigenvalue weighted by Crippen LogP contribution is 2.24. The number of halogens is 1. The van der Waals surface area contributed by atoms with Gasteiger partial charge < -0.3 is 5.11 Å². The molecule has 1 aromatic carbocycles. The van der Waals surface area contributed by atoms with E-state index in [1.807, 2.05) is 13.2 Å². The number of hydrogen-bond acceptors (Lipinski definition) is 4. The summed E-state index contributed by atoms with van der Waals surface area (Å²) in [7, 11) is -1.98. The van der Waals surface area contributed by atoms with Gasteiger partial charge in [0.25, 0.3) is 0 Å². The minimum atomic E-state index is -3.56. The summed E-state index contributed by atoms with van der Waals surface area (Å²) in [5.41, 5.74) is 0.517. The molecule has 20 heavy (non-hydrogen) atoms. The lowest BCUT2D eigenvalue weighted by Crippen LogP contribution is -2.35. The van der Waals surface area contributed by atoms with E-state index in [0.29, 0.717) is 5.56 Å². The maximum atomic E-state index is 12.5. The monoisotopic (exact) mass is 337 g/mol. The molecule has 1 unspecified atom stereocenters. The number of aliphatic hydroxyl groups is 1. The number of thioether (sulfide) groups is 1. The van der Waals surface area contributed by atoms with E-state index in [2.05, 4.69) is 0 Å². The molecule has 0 amide bonds. The molecule has 114 valence electrons. The molecular formula is C13H20ClNO3S2. The van der Waals surface area contributed by atoms with Gasteiger partial charge in [0, 0.05) is 18.1 Å². The third-order valence-electron chi connectivity index (χ3n) is 3.23. The molecule has 0 aliphatic rings. The van der Waals surface area contributed by atoms with E-state index in [0.717, 1.165) is 12.2 Å².